The lowest BCUT2D eigenvalue weighted by atomic mass is 9.96. The van der Waals surface area contributed by atoms with E-state index in [1.54, 1.807) is 0 Å². The molecule has 0 radical (unpaired) electrons. The van der Waals surface area contributed by atoms with Crippen molar-refractivity contribution in [2.75, 3.05) is 4.90 Å². The maximum absolute atomic E-state index is 6.46. The maximum Gasteiger partial charge on any atom is 0.152 e. The molecule has 0 amide bonds. The van der Waals surface area contributed by atoms with Crippen LogP contribution in [-0.4, -0.2) is 4.57 Å². The number of nitrogens with zero attached hydrogens (tertiary/aromatic N) is 2. The molecule has 1 aliphatic carbocycles. The summed E-state index contributed by atoms with van der Waals surface area (Å²) in [6.45, 7) is 0. The molecule has 0 bridgehead atoms. The van der Waals surface area contributed by atoms with E-state index in [-0.39, 0.29) is 0 Å². The Morgan fingerprint density at radius 3 is 1.91 bits per heavy atom. The highest BCUT2D eigenvalue weighted by atomic mass is 16.5. The van der Waals surface area contributed by atoms with Crippen molar-refractivity contribution in [3.8, 4) is 39.4 Å². The van der Waals surface area contributed by atoms with Crippen LogP contribution in [0, 0.1) is 0 Å². The van der Waals surface area contributed by atoms with Gasteiger partial charge in [0.2, 0.25) is 0 Å². The van der Waals surface area contributed by atoms with Gasteiger partial charge in [-0.3, -0.25) is 0 Å². The lowest BCUT2D eigenvalue weighted by Gasteiger charge is -2.33. The number of fused-ring (bicyclic) bond motifs is 5. The van der Waals surface area contributed by atoms with E-state index in [2.05, 4.69) is 149 Å². The number of hydrogen-bond donors (Lipinski definition) is 0. The molecule has 1 aromatic heterocycles. The standard InChI is InChI=1S/C42H30N2O/c1-3-11-33(12-4-1)43-37-16-8-7-15-35(37)36-27-31(23-25-38(36)43)29-19-21-30(22-20-29)32-24-26-40-42(28-32)45-41-18-10-9-17-39(41)44(40)34-13-5-2-6-14-34/h1-6,8-14,16-28H,7,15H2. The van der Waals surface area contributed by atoms with Gasteiger partial charge in [-0.25, -0.2) is 0 Å². The van der Waals surface area contributed by atoms with Gasteiger partial charge >= 0.3 is 0 Å². The number of aryl methyl sites for hydroxylation is 1. The number of ether oxygens (including phenoxy) is 1. The summed E-state index contributed by atoms with van der Waals surface area (Å²) in [4.78, 5) is 2.27. The molecular formula is C42H30N2O. The Morgan fingerprint density at radius 1 is 0.511 bits per heavy atom. The topological polar surface area (TPSA) is 17.4 Å². The zero-order chi connectivity index (χ0) is 29.7. The molecule has 0 atom stereocenters. The van der Waals surface area contributed by atoms with Crippen LogP contribution < -0.4 is 9.64 Å². The Balaban J connectivity index is 1.07. The molecule has 0 unspecified atom stereocenters. The number of para-hydroxylation sites is 4. The highest BCUT2D eigenvalue weighted by molar-refractivity contribution is 5.94. The fourth-order valence-corrected chi connectivity index (χ4v) is 6.92. The minimum Gasteiger partial charge on any atom is -0.453 e. The van der Waals surface area contributed by atoms with Crippen molar-refractivity contribution in [2.45, 2.75) is 12.8 Å². The van der Waals surface area contributed by atoms with Crippen molar-refractivity contribution >= 4 is 34.0 Å². The summed E-state index contributed by atoms with van der Waals surface area (Å²) in [7, 11) is 0. The third-order valence-electron chi connectivity index (χ3n) is 9.06. The van der Waals surface area contributed by atoms with E-state index in [1.165, 1.54) is 39.0 Å². The van der Waals surface area contributed by atoms with Crippen molar-refractivity contribution in [1.82, 2.24) is 4.57 Å². The number of rotatable bonds is 4. The molecule has 2 heterocycles. The summed E-state index contributed by atoms with van der Waals surface area (Å²) < 4.78 is 8.86. The highest BCUT2D eigenvalue weighted by Gasteiger charge is 2.26. The van der Waals surface area contributed by atoms with Gasteiger partial charge < -0.3 is 14.2 Å². The molecule has 9 rings (SSSR count). The second kappa shape index (κ2) is 10.4. The van der Waals surface area contributed by atoms with Crippen LogP contribution in [0.3, 0.4) is 0 Å². The monoisotopic (exact) mass is 578 g/mol. The predicted octanol–water partition coefficient (Wildman–Crippen LogP) is 11.5. The second-order valence-corrected chi connectivity index (χ2v) is 11.7. The van der Waals surface area contributed by atoms with E-state index in [9.17, 15) is 0 Å². The molecule has 214 valence electrons. The molecule has 3 nitrogen and oxygen atoms in total. The zero-order valence-electron chi connectivity index (χ0n) is 24.7. The van der Waals surface area contributed by atoms with Gasteiger partial charge in [-0.2, -0.15) is 0 Å². The molecule has 3 heteroatoms. The molecular weight excluding hydrogens is 548 g/mol. The normalized spacial score (nSPS) is 13.2. The first-order valence-electron chi connectivity index (χ1n) is 15.6. The molecule has 0 saturated heterocycles. The second-order valence-electron chi connectivity index (χ2n) is 11.7. The van der Waals surface area contributed by atoms with Gasteiger partial charge in [0.1, 0.15) is 0 Å². The van der Waals surface area contributed by atoms with Crippen molar-refractivity contribution in [3.63, 3.8) is 0 Å². The molecule has 0 saturated carbocycles. The number of hydrogen-bond acceptors (Lipinski definition) is 2. The average molecular weight is 579 g/mol. The lowest BCUT2D eigenvalue weighted by Crippen LogP contribution is -2.15. The van der Waals surface area contributed by atoms with Crippen LogP contribution >= 0.6 is 0 Å². The van der Waals surface area contributed by atoms with Gasteiger partial charge in [-0.15, -0.1) is 0 Å². The summed E-state index contributed by atoms with van der Waals surface area (Å²) >= 11 is 0. The Hall–Kier alpha value is -5.80. The first kappa shape index (κ1) is 25.7. The Kier molecular flexibility index (Phi) is 5.95. The summed E-state index contributed by atoms with van der Waals surface area (Å²) in [6.07, 6.45) is 6.74. The van der Waals surface area contributed by atoms with E-state index < -0.39 is 0 Å². The quantitative estimate of drug-likeness (QED) is 0.207. The van der Waals surface area contributed by atoms with E-state index in [0.29, 0.717) is 0 Å². The summed E-state index contributed by atoms with van der Waals surface area (Å²) in [5.74, 6) is 1.71. The van der Waals surface area contributed by atoms with E-state index >= 15 is 0 Å². The smallest absolute Gasteiger partial charge is 0.152 e. The summed E-state index contributed by atoms with van der Waals surface area (Å²) in [6, 6.07) is 51.8. The molecule has 45 heavy (non-hydrogen) atoms. The van der Waals surface area contributed by atoms with Crippen molar-refractivity contribution in [1.29, 1.82) is 0 Å². The fourth-order valence-electron chi connectivity index (χ4n) is 6.92. The zero-order valence-corrected chi connectivity index (χ0v) is 24.7. The Labute approximate surface area is 262 Å². The largest absolute Gasteiger partial charge is 0.453 e. The van der Waals surface area contributed by atoms with Gasteiger partial charge in [0.15, 0.2) is 11.5 Å². The van der Waals surface area contributed by atoms with Crippen LogP contribution in [0.15, 0.2) is 152 Å². The first-order valence-corrected chi connectivity index (χ1v) is 15.6. The van der Waals surface area contributed by atoms with Crippen LogP contribution in [0.4, 0.5) is 17.1 Å². The number of benzene rings is 6. The third-order valence-corrected chi connectivity index (χ3v) is 9.06. The van der Waals surface area contributed by atoms with Gasteiger partial charge in [-0.1, -0.05) is 91.0 Å². The third kappa shape index (κ3) is 4.28. The van der Waals surface area contributed by atoms with Crippen molar-refractivity contribution in [3.05, 3.63) is 163 Å². The molecule has 6 aromatic carbocycles. The van der Waals surface area contributed by atoms with Crippen LogP contribution in [-0.2, 0) is 6.42 Å². The average Bonchev–Trinajstić information content (AvgIpc) is 3.45. The molecule has 2 aliphatic rings. The number of anilines is 3. The van der Waals surface area contributed by atoms with Gasteiger partial charge in [0.05, 0.1) is 16.9 Å². The van der Waals surface area contributed by atoms with Crippen LogP contribution in [0.1, 0.15) is 17.7 Å². The fraction of sp³-hybridized carbons (Fsp3) is 0.0476. The van der Waals surface area contributed by atoms with Gasteiger partial charge in [0, 0.05) is 22.5 Å². The Bertz CT molecular complexity index is 2230. The Morgan fingerprint density at radius 2 is 1.13 bits per heavy atom. The highest BCUT2D eigenvalue weighted by Crippen LogP contribution is 2.51. The van der Waals surface area contributed by atoms with E-state index in [4.69, 9.17) is 4.74 Å². The lowest BCUT2D eigenvalue weighted by molar-refractivity contribution is 0.477. The molecule has 0 N–H and O–H groups in total. The SMILES string of the molecule is C1=Cc2c(c3cc(-c4ccc(-c5ccc6c(c5)Oc5ccccc5N6c5ccccc5)cc4)ccc3n2-c2ccccc2)CC1. The summed E-state index contributed by atoms with van der Waals surface area (Å²) in [5, 5.41) is 1.34. The molecule has 0 fully saturated rings. The number of allylic oxidation sites excluding steroid dienone is 1. The first-order chi connectivity index (χ1) is 22.3. The number of aromatic nitrogens is 1. The minimum absolute atomic E-state index is 0.853. The van der Waals surface area contributed by atoms with Crippen molar-refractivity contribution in [2.24, 2.45) is 0 Å². The van der Waals surface area contributed by atoms with Gasteiger partial charge in [0.25, 0.3) is 0 Å². The maximum atomic E-state index is 6.46. The van der Waals surface area contributed by atoms with Gasteiger partial charge in [-0.05, 0) is 107 Å². The molecule has 7 aromatic rings. The van der Waals surface area contributed by atoms with Crippen LogP contribution in [0.5, 0.6) is 11.5 Å². The van der Waals surface area contributed by atoms with Crippen LogP contribution in [0.2, 0.25) is 0 Å². The molecule has 1 aliphatic heterocycles. The molecule has 0 spiro atoms. The van der Waals surface area contributed by atoms with Crippen molar-refractivity contribution < 1.29 is 4.74 Å². The van der Waals surface area contributed by atoms with E-state index in [0.717, 1.165) is 52.5 Å². The predicted molar refractivity (Wildman–Crippen MR) is 186 cm³/mol. The van der Waals surface area contributed by atoms with E-state index in [1.807, 2.05) is 18.2 Å². The minimum atomic E-state index is 0.853. The summed E-state index contributed by atoms with van der Waals surface area (Å²) in [5.41, 5.74) is 13.1. The van der Waals surface area contributed by atoms with Crippen LogP contribution in [0.25, 0.3) is 44.9 Å².